The molecule has 116 valence electrons. The summed E-state index contributed by atoms with van der Waals surface area (Å²) in [5.41, 5.74) is 2.55. The molecule has 0 bridgehead atoms. The number of ether oxygens (including phenoxy) is 1. The van der Waals surface area contributed by atoms with E-state index in [-0.39, 0.29) is 0 Å². The van der Waals surface area contributed by atoms with Crippen molar-refractivity contribution in [3.8, 4) is 5.75 Å². The van der Waals surface area contributed by atoms with Gasteiger partial charge in [0.25, 0.3) is 0 Å². The van der Waals surface area contributed by atoms with E-state index in [2.05, 4.69) is 35.8 Å². The summed E-state index contributed by atoms with van der Waals surface area (Å²) in [6.45, 7) is 3.37. The van der Waals surface area contributed by atoms with E-state index < -0.39 is 0 Å². The molecule has 1 heterocycles. The van der Waals surface area contributed by atoms with Gasteiger partial charge in [-0.05, 0) is 68.8 Å². The van der Waals surface area contributed by atoms with E-state index in [1.54, 1.807) is 7.11 Å². The van der Waals surface area contributed by atoms with Crippen LogP contribution in [0.5, 0.6) is 5.75 Å². The molecule has 1 saturated heterocycles. The number of hydrogen-bond acceptors (Lipinski definition) is 3. The van der Waals surface area contributed by atoms with Crippen LogP contribution in [0.3, 0.4) is 0 Å². The van der Waals surface area contributed by atoms with Crippen LogP contribution in [0.25, 0.3) is 0 Å². The van der Waals surface area contributed by atoms with Crippen LogP contribution in [0.4, 0.5) is 5.69 Å². The van der Waals surface area contributed by atoms with E-state index in [0.29, 0.717) is 6.04 Å². The number of nitrogens with one attached hydrogen (secondary N) is 2. The van der Waals surface area contributed by atoms with E-state index >= 15 is 0 Å². The summed E-state index contributed by atoms with van der Waals surface area (Å²) in [5.74, 6) is 1.72. The maximum atomic E-state index is 5.30. The Hall–Kier alpha value is -1.22. The molecule has 2 fully saturated rings. The third kappa shape index (κ3) is 3.34. The zero-order valence-electron chi connectivity index (χ0n) is 13.3. The summed E-state index contributed by atoms with van der Waals surface area (Å²) in [6, 6.07) is 7.68. The van der Waals surface area contributed by atoms with Gasteiger partial charge in [-0.1, -0.05) is 12.8 Å². The van der Waals surface area contributed by atoms with Gasteiger partial charge in [-0.25, -0.2) is 0 Å². The monoisotopic (exact) mass is 288 g/mol. The summed E-state index contributed by atoms with van der Waals surface area (Å²) in [5, 5.41) is 7.55. The normalized spacial score (nSPS) is 29.3. The average molecular weight is 288 g/mol. The van der Waals surface area contributed by atoms with Gasteiger partial charge in [0.1, 0.15) is 5.75 Å². The third-order valence-corrected chi connectivity index (χ3v) is 5.21. The lowest BCUT2D eigenvalue weighted by atomic mass is 9.79. The zero-order valence-corrected chi connectivity index (χ0v) is 13.3. The van der Waals surface area contributed by atoms with Crippen LogP contribution in [0.15, 0.2) is 18.2 Å². The standard InChI is InChI=1S/C18H28N2O/c1-13-12-14(21-2)9-10-16(13)20-18-7-4-3-6-15(18)17-8-5-11-19-17/h9-10,12,15,17-20H,3-8,11H2,1-2H3. The van der Waals surface area contributed by atoms with E-state index in [1.807, 2.05) is 0 Å². The minimum absolute atomic E-state index is 0.612. The number of anilines is 1. The molecule has 0 radical (unpaired) electrons. The van der Waals surface area contributed by atoms with Crippen molar-refractivity contribution in [1.29, 1.82) is 0 Å². The van der Waals surface area contributed by atoms with Gasteiger partial charge in [-0.2, -0.15) is 0 Å². The molecule has 3 atom stereocenters. The summed E-state index contributed by atoms with van der Waals surface area (Å²) >= 11 is 0. The Morgan fingerprint density at radius 2 is 2.00 bits per heavy atom. The number of hydrogen-bond donors (Lipinski definition) is 2. The molecule has 0 aromatic heterocycles. The first-order chi connectivity index (χ1) is 10.3. The molecule has 0 amide bonds. The first kappa shape index (κ1) is 14.7. The maximum Gasteiger partial charge on any atom is 0.119 e. The number of aryl methyl sites for hydroxylation is 1. The highest BCUT2D eigenvalue weighted by Gasteiger charge is 2.33. The molecule has 1 saturated carbocycles. The van der Waals surface area contributed by atoms with Gasteiger partial charge in [0.05, 0.1) is 7.11 Å². The molecule has 2 N–H and O–H groups in total. The largest absolute Gasteiger partial charge is 0.497 e. The van der Waals surface area contributed by atoms with Gasteiger partial charge in [0.15, 0.2) is 0 Å². The summed E-state index contributed by atoms with van der Waals surface area (Å²) in [6.07, 6.45) is 8.11. The van der Waals surface area contributed by atoms with Gasteiger partial charge in [0, 0.05) is 17.8 Å². The number of rotatable bonds is 4. The lowest BCUT2D eigenvalue weighted by Gasteiger charge is -2.37. The molecule has 1 aromatic carbocycles. The molecule has 3 nitrogen and oxygen atoms in total. The van der Waals surface area contributed by atoms with Gasteiger partial charge in [-0.3, -0.25) is 0 Å². The van der Waals surface area contributed by atoms with E-state index in [4.69, 9.17) is 4.74 Å². The molecule has 3 unspecified atom stereocenters. The summed E-state index contributed by atoms with van der Waals surface area (Å²) in [4.78, 5) is 0. The Kier molecular flexibility index (Phi) is 4.69. The molecule has 1 aliphatic carbocycles. The van der Waals surface area contributed by atoms with E-state index in [0.717, 1.165) is 17.7 Å². The molecule has 3 rings (SSSR count). The fourth-order valence-corrected chi connectivity index (χ4v) is 4.02. The fraction of sp³-hybridized carbons (Fsp3) is 0.667. The average Bonchev–Trinajstić information content (AvgIpc) is 3.04. The van der Waals surface area contributed by atoms with Crippen molar-refractivity contribution in [3.63, 3.8) is 0 Å². The lowest BCUT2D eigenvalue weighted by Crippen LogP contribution is -2.43. The van der Waals surface area contributed by atoms with Crippen molar-refractivity contribution in [2.45, 2.75) is 57.5 Å². The third-order valence-electron chi connectivity index (χ3n) is 5.21. The molecule has 1 aromatic rings. The Morgan fingerprint density at radius 1 is 1.14 bits per heavy atom. The van der Waals surface area contributed by atoms with Crippen molar-refractivity contribution >= 4 is 5.69 Å². The Balaban J connectivity index is 1.71. The van der Waals surface area contributed by atoms with E-state index in [1.165, 1.54) is 56.3 Å². The van der Waals surface area contributed by atoms with Gasteiger partial charge in [0.2, 0.25) is 0 Å². The molecular weight excluding hydrogens is 260 g/mol. The van der Waals surface area contributed by atoms with Gasteiger partial charge >= 0.3 is 0 Å². The topological polar surface area (TPSA) is 33.3 Å². The quantitative estimate of drug-likeness (QED) is 0.886. The Morgan fingerprint density at radius 3 is 2.71 bits per heavy atom. The van der Waals surface area contributed by atoms with Crippen LogP contribution in [-0.4, -0.2) is 25.7 Å². The first-order valence-corrected chi connectivity index (χ1v) is 8.42. The fourth-order valence-electron chi connectivity index (χ4n) is 4.02. The maximum absolute atomic E-state index is 5.30. The van der Waals surface area contributed by atoms with Crippen LogP contribution in [0, 0.1) is 12.8 Å². The van der Waals surface area contributed by atoms with Crippen LogP contribution in [-0.2, 0) is 0 Å². The van der Waals surface area contributed by atoms with Crippen LogP contribution in [0.1, 0.15) is 44.1 Å². The molecular formula is C18H28N2O. The molecule has 21 heavy (non-hydrogen) atoms. The second-order valence-corrected chi connectivity index (χ2v) is 6.58. The van der Waals surface area contributed by atoms with Crippen LogP contribution in [0.2, 0.25) is 0 Å². The van der Waals surface area contributed by atoms with Crippen LogP contribution >= 0.6 is 0 Å². The highest BCUT2D eigenvalue weighted by atomic mass is 16.5. The predicted octanol–water partition coefficient (Wildman–Crippen LogP) is 3.73. The Bertz CT molecular complexity index is 468. The number of benzene rings is 1. The van der Waals surface area contributed by atoms with Crippen molar-refractivity contribution in [2.24, 2.45) is 5.92 Å². The minimum Gasteiger partial charge on any atom is -0.497 e. The first-order valence-electron chi connectivity index (χ1n) is 8.42. The summed E-state index contributed by atoms with van der Waals surface area (Å²) < 4.78 is 5.30. The van der Waals surface area contributed by atoms with Crippen molar-refractivity contribution in [1.82, 2.24) is 5.32 Å². The van der Waals surface area contributed by atoms with Gasteiger partial charge in [-0.15, -0.1) is 0 Å². The molecule has 3 heteroatoms. The van der Waals surface area contributed by atoms with E-state index in [9.17, 15) is 0 Å². The van der Waals surface area contributed by atoms with Crippen molar-refractivity contribution in [2.75, 3.05) is 19.0 Å². The van der Waals surface area contributed by atoms with Crippen molar-refractivity contribution in [3.05, 3.63) is 23.8 Å². The van der Waals surface area contributed by atoms with Gasteiger partial charge < -0.3 is 15.4 Å². The second kappa shape index (κ2) is 6.69. The molecule has 1 aliphatic heterocycles. The second-order valence-electron chi connectivity index (χ2n) is 6.58. The highest BCUT2D eigenvalue weighted by molar-refractivity contribution is 5.54. The smallest absolute Gasteiger partial charge is 0.119 e. The lowest BCUT2D eigenvalue weighted by molar-refractivity contribution is 0.262. The number of methoxy groups -OCH3 is 1. The zero-order chi connectivity index (χ0) is 14.7. The highest BCUT2D eigenvalue weighted by Crippen LogP contribution is 2.33. The molecule has 0 spiro atoms. The SMILES string of the molecule is COc1ccc(NC2CCCCC2C2CCCN2)c(C)c1. The Labute approximate surface area is 128 Å². The minimum atomic E-state index is 0.612. The summed E-state index contributed by atoms with van der Waals surface area (Å²) in [7, 11) is 1.73. The van der Waals surface area contributed by atoms with Crippen LogP contribution < -0.4 is 15.4 Å². The van der Waals surface area contributed by atoms with Crippen molar-refractivity contribution < 1.29 is 4.74 Å². The molecule has 2 aliphatic rings. The predicted molar refractivity (Wildman–Crippen MR) is 88.1 cm³/mol.